The molecule has 0 aliphatic carbocycles. The van der Waals surface area contributed by atoms with Crippen LogP contribution in [-0.2, 0) is 10.4 Å². The van der Waals surface area contributed by atoms with Crippen molar-refractivity contribution in [1.29, 1.82) is 0 Å². The molecule has 3 heterocycles. The number of amides is 1. The minimum Gasteiger partial charge on any atom is -0.384 e. The van der Waals surface area contributed by atoms with E-state index >= 15 is 0 Å². The Kier molecular flexibility index (Phi) is 3.06. The first-order valence-electron chi connectivity index (χ1n) is 6.53. The molecule has 0 saturated heterocycles. The molecule has 7 nitrogen and oxygen atoms in total. The van der Waals surface area contributed by atoms with Crippen LogP contribution in [0, 0.1) is 0 Å². The second-order valence-electron chi connectivity index (χ2n) is 5.27. The van der Waals surface area contributed by atoms with E-state index in [0.29, 0.717) is 23.0 Å². The molecule has 0 radical (unpaired) electrons. The quantitative estimate of drug-likeness (QED) is 0.861. The molecule has 3 rings (SSSR count). The van der Waals surface area contributed by atoms with Crippen LogP contribution >= 0.6 is 0 Å². The van der Waals surface area contributed by atoms with Gasteiger partial charge >= 0.3 is 0 Å². The lowest BCUT2D eigenvalue weighted by atomic mass is 10.0. The zero-order valence-corrected chi connectivity index (χ0v) is 11.7. The number of aliphatic hydroxyl groups is 1. The van der Waals surface area contributed by atoms with Gasteiger partial charge in [0.25, 0.3) is 5.91 Å². The van der Waals surface area contributed by atoms with Gasteiger partial charge in [0.05, 0.1) is 24.1 Å². The molecule has 0 fully saturated rings. The Hall–Kier alpha value is -2.54. The summed E-state index contributed by atoms with van der Waals surface area (Å²) in [5, 5.41) is 12.8. The van der Waals surface area contributed by atoms with E-state index in [-0.39, 0.29) is 12.5 Å². The predicted molar refractivity (Wildman–Crippen MR) is 77.1 cm³/mol. The van der Waals surface area contributed by atoms with Crippen LogP contribution in [-0.4, -0.2) is 32.5 Å². The molecule has 7 heteroatoms. The molecular formula is C14H15N5O2. The van der Waals surface area contributed by atoms with Crippen molar-refractivity contribution in [3.05, 3.63) is 36.4 Å². The largest absolute Gasteiger partial charge is 0.384 e. The van der Waals surface area contributed by atoms with Gasteiger partial charge in [0.2, 0.25) is 0 Å². The van der Waals surface area contributed by atoms with Gasteiger partial charge in [-0.25, -0.2) is 9.97 Å². The highest BCUT2D eigenvalue weighted by atomic mass is 16.3. The summed E-state index contributed by atoms with van der Waals surface area (Å²) in [7, 11) is 0. The van der Waals surface area contributed by atoms with E-state index in [1.54, 1.807) is 38.4 Å². The number of hydrogen-bond donors (Lipinski definition) is 2. The maximum Gasteiger partial charge on any atom is 0.252 e. The van der Waals surface area contributed by atoms with Gasteiger partial charge in [-0.3, -0.25) is 14.7 Å². The van der Waals surface area contributed by atoms with Crippen LogP contribution in [0.2, 0.25) is 0 Å². The Bertz CT molecular complexity index is 679. The topological polar surface area (TPSA) is 91.2 Å². The molecule has 0 atom stereocenters. The Balaban J connectivity index is 2.02. The average molecular weight is 285 g/mol. The predicted octanol–water partition coefficient (Wildman–Crippen LogP) is 1.19. The summed E-state index contributed by atoms with van der Waals surface area (Å²) >= 11 is 0. The molecule has 1 amide bonds. The molecule has 1 aliphatic rings. The van der Waals surface area contributed by atoms with Gasteiger partial charge in [0.1, 0.15) is 5.60 Å². The monoisotopic (exact) mass is 285 g/mol. The van der Waals surface area contributed by atoms with Crippen molar-refractivity contribution < 1.29 is 9.90 Å². The average Bonchev–Trinajstić information content (AvgIpc) is 2.46. The van der Waals surface area contributed by atoms with Crippen molar-refractivity contribution in [3.63, 3.8) is 0 Å². The molecule has 0 aromatic carbocycles. The van der Waals surface area contributed by atoms with Gasteiger partial charge in [-0.2, -0.15) is 0 Å². The number of carbonyl (C=O) groups excluding carboxylic acids is 1. The van der Waals surface area contributed by atoms with Crippen molar-refractivity contribution in [2.24, 2.45) is 0 Å². The fourth-order valence-corrected chi connectivity index (χ4v) is 2.12. The van der Waals surface area contributed by atoms with Gasteiger partial charge in [-0.15, -0.1) is 0 Å². The summed E-state index contributed by atoms with van der Waals surface area (Å²) < 4.78 is 0. The van der Waals surface area contributed by atoms with Crippen LogP contribution in [0.3, 0.4) is 0 Å². The molecule has 0 spiro atoms. The normalized spacial score (nSPS) is 14.6. The third kappa shape index (κ3) is 2.43. The highest BCUT2D eigenvalue weighted by molar-refractivity contribution is 6.06. The molecular weight excluding hydrogens is 270 g/mol. The van der Waals surface area contributed by atoms with E-state index in [4.69, 9.17) is 0 Å². The number of carbonyl (C=O) groups is 1. The lowest BCUT2D eigenvalue weighted by molar-refractivity contribution is -0.116. The third-order valence-electron chi connectivity index (χ3n) is 3.18. The number of nitrogens with zero attached hydrogens (tertiary/aromatic N) is 4. The lowest BCUT2D eigenvalue weighted by Crippen LogP contribution is -2.37. The van der Waals surface area contributed by atoms with E-state index in [1.165, 1.54) is 11.1 Å². The maximum atomic E-state index is 12.2. The van der Waals surface area contributed by atoms with Crippen molar-refractivity contribution in [3.8, 4) is 0 Å². The molecule has 0 saturated carbocycles. The van der Waals surface area contributed by atoms with Crippen molar-refractivity contribution in [2.75, 3.05) is 16.8 Å². The number of hydrogen-bond acceptors (Lipinski definition) is 6. The summed E-state index contributed by atoms with van der Waals surface area (Å²) in [6, 6.07) is 3.43. The molecule has 2 aromatic heterocycles. The molecule has 108 valence electrons. The Morgan fingerprint density at radius 1 is 1.24 bits per heavy atom. The first kappa shape index (κ1) is 13.4. The van der Waals surface area contributed by atoms with E-state index < -0.39 is 5.60 Å². The zero-order valence-electron chi connectivity index (χ0n) is 11.7. The van der Waals surface area contributed by atoms with Crippen LogP contribution in [0.5, 0.6) is 0 Å². The summed E-state index contributed by atoms with van der Waals surface area (Å²) in [6.45, 7) is 3.47. The second-order valence-corrected chi connectivity index (χ2v) is 5.27. The van der Waals surface area contributed by atoms with E-state index in [1.807, 2.05) is 0 Å². The first-order valence-corrected chi connectivity index (χ1v) is 6.53. The first-order chi connectivity index (χ1) is 9.97. The summed E-state index contributed by atoms with van der Waals surface area (Å²) in [6.07, 6.45) is 4.65. The van der Waals surface area contributed by atoms with Crippen LogP contribution in [0.4, 0.5) is 17.3 Å². The molecule has 2 aromatic rings. The third-order valence-corrected chi connectivity index (χ3v) is 3.18. The highest BCUT2D eigenvalue weighted by Gasteiger charge is 2.28. The van der Waals surface area contributed by atoms with Gasteiger partial charge in [-0.05, 0) is 26.0 Å². The van der Waals surface area contributed by atoms with E-state index in [2.05, 4.69) is 20.3 Å². The minimum atomic E-state index is -1.02. The highest BCUT2D eigenvalue weighted by Crippen LogP contribution is 2.31. The molecule has 1 aliphatic heterocycles. The van der Waals surface area contributed by atoms with Crippen LogP contribution in [0.1, 0.15) is 19.5 Å². The number of pyridine rings is 1. The number of rotatable bonds is 2. The Morgan fingerprint density at radius 2 is 2.00 bits per heavy atom. The van der Waals surface area contributed by atoms with Crippen molar-refractivity contribution in [1.82, 2.24) is 15.0 Å². The van der Waals surface area contributed by atoms with E-state index in [9.17, 15) is 9.90 Å². The SMILES string of the molecule is CC(C)(O)c1ccc(N2C(=O)CNc3nccnc32)cn1. The number of aromatic nitrogens is 3. The van der Waals surface area contributed by atoms with Crippen LogP contribution in [0.15, 0.2) is 30.7 Å². The van der Waals surface area contributed by atoms with Gasteiger partial charge in [-0.1, -0.05) is 0 Å². The number of anilines is 3. The zero-order chi connectivity index (χ0) is 15.0. The van der Waals surface area contributed by atoms with Crippen molar-refractivity contribution in [2.45, 2.75) is 19.4 Å². The van der Waals surface area contributed by atoms with Gasteiger partial charge in [0.15, 0.2) is 11.6 Å². The molecule has 2 N–H and O–H groups in total. The van der Waals surface area contributed by atoms with E-state index in [0.717, 1.165) is 0 Å². The second kappa shape index (κ2) is 4.78. The fourth-order valence-electron chi connectivity index (χ4n) is 2.12. The molecule has 0 unspecified atom stereocenters. The standard InChI is InChI=1S/C14H15N5O2/c1-14(2,21)10-4-3-9(7-17-10)19-11(20)8-18-12-13(19)16-6-5-15-12/h3-7,21H,8H2,1-2H3,(H,15,18). The summed E-state index contributed by atoms with van der Waals surface area (Å²) in [4.78, 5) is 26.2. The molecule has 0 bridgehead atoms. The van der Waals surface area contributed by atoms with Crippen molar-refractivity contribution >= 4 is 23.2 Å². The van der Waals surface area contributed by atoms with Gasteiger partial charge < -0.3 is 10.4 Å². The molecule has 21 heavy (non-hydrogen) atoms. The van der Waals surface area contributed by atoms with Gasteiger partial charge in [0, 0.05) is 12.4 Å². The fraction of sp³-hybridized carbons (Fsp3) is 0.286. The summed E-state index contributed by atoms with van der Waals surface area (Å²) in [5.41, 5.74) is 0.105. The number of fused-ring (bicyclic) bond motifs is 1. The Labute approximate surface area is 121 Å². The van der Waals surface area contributed by atoms with Crippen LogP contribution in [0.25, 0.3) is 0 Å². The smallest absolute Gasteiger partial charge is 0.252 e. The Morgan fingerprint density at radius 3 is 2.67 bits per heavy atom. The number of nitrogens with one attached hydrogen (secondary N) is 1. The summed E-state index contributed by atoms with van der Waals surface area (Å²) in [5.74, 6) is 0.871. The lowest BCUT2D eigenvalue weighted by Gasteiger charge is -2.28. The maximum absolute atomic E-state index is 12.2. The minimum absolute atomic E-state index is 0.138. The van der Waals surface area contributed by atoms with Crippen LogP contribution < -0.4 is 10.2 Å².